The van der Waals surface area contributed by atoms with Gasteiger partial charge in [0, 0.05) is 6.20 Å². The number of hydrogen-bond donors (Lipinski definition) is 0. The number of benzene rings is 1. The number of rotatable bonds is 1. The number of halogens is 3. The van der Waals surface area contributed by atoms with Gasteiger partial charge in [-0.15, -0.1) is 0 Å². The lowest BCUT2D eigenvalue weighted by atomic mass is 10.2. The van der Waals surface area contributed by atoms with Gasteiger partial charge in [-0.1, -0.05) is 23.2 Å². The molecule has 78 valence electrons. The van der Waals surface area contributed by atoms with E-state index in [1.165, 1.54) is 25.4 Å². The summed E-state index contributed by atoms with van der Waals surface area (Å²) in [5, 5.41) is 0.915. The van der Waals surface area contributed by atoms with E-state index in [0.29, 0.717) is 11.1 Å². The minimum atomic E-state index is -0.454. The largest absolute Gasteiger partial charge is 0.496 e. The molecule has 0 radical (unpaired) electrons. The van der Waals surface area contributed by atoms with E-state index < -0.39 is 5.82 Å². The first kappa shape index (κ1) is 10.5. The zero-order chi connectivity index (χ0) is 11.0. The number of hydrogen-bond acceptors (Lipinski definition) is 2. The maximum Gasteiger partial charge on any atom is 0.149 e. The molecule has 0 unspecified atom stereocenters. The molecule has 0 saturated heterocycles. The van der Waals surface area contributed by atoms with Gasteiger partial charge >= 0.3 is 0 Å². The van der Waals surface area contributed by atoms with Gasteiger partial charge in [0.1, 0.15) is 17.1 Å². The van der Waals surface area contributed by atoms with Crippen LogP contribution in [-0.2, 0) is 0 Å². The second-order valence-electron chi connectivity index (χ2n) is 2.89. The van der Waals surface area contributed by atoms with Crippen LogP contribution in [0.25, 0.3) is 10.9 Å². The molecule has 0 fully saturated rings. The fourth-order valence-corrected chi connectivity index (χ4v) is 1.73. The lowest BCUT2D eigenvalue weighted by molar-refractivity contribution is 0.419. The van der Waals surface area contributed by atoms with Crippen LogP contribution in [0.1, 0.15) is 0 Å². The maximum absolute atomic E-state index is 13.4. The third-order valence-corrected chi connectivity index (χ3v) is 2.82. The summed E-state index contributed by atoms with van der Waals surface area (Å²) < 4.78 is 18.5. The quantitative estimate of drug-likeness (QED) is 0.765. The van der Waals surface area contributed by atoms with Crippen LogP contribution in [0.4, 0.5) is 4.39 Å². The average Bonchev–Trinajstić information content (AvgIpc) is 2.24. The number of ether oxygens (including phenoxy) is 1. The van der Waals surface area contributed by atoms with E-state index in [0.717, 1.165) is 0 Å². The Morgan fingerprint density at radius 2 is 2.07 bits per heavy atom. The molecule has 1 heterocycles. The number of fused-ring (bicyclic) bond motifs is 1. The molecule has 0 spiro atoms. The Kier molecular flexibility index (Phi) is 2.67. The van der Waals surface area contributed by atoms with Crippen LogP contribution in [0, 0.1) is 5.82 Å². The summed E-state index contributed by atoms with van der Waals surface area (Å²) in [6.45, 7) is 0. The minimum absolute atomic E-state index is 0.156. The molecule has 0 aliphatic carbocycles. The third-order valence-electron chi connectivity index (χ3n) is 2.05. The molecule has 0 amide bonds. The van der Waals surface area contributed by atoms with Crippen LogP contribution >= 0.6 is 23.2 Å². The highest BCUT2D eigenvalue weighted by molar-refractivity contribution is 6.45. The summed E-state index contributed by atoms with van der Waals surface area (Å²) in [6, 6.07) is 2.76. The molecule has 1 aromatic carbocycles. The van der Waals surface area contributed by atoms with Crippen molar-refractivity contribution in [2.24, 2.45) is 0 Å². The van der Waals surface area contributed by atoms with Crippen molar-refractivity contribution in [2.45, 2.75) is 0 Å². The van der Waals surface area contributed by atoms with E-state index in [-0.39, 0.29) is 15.6 Å². The van der Waals surface area contributed by atoms with E-state index in [4.69, 9.17) is 27.9 Å². The Bertz CT molecular complexity index is 530. The van der Waals surface area contributed by atoms with Crippen molar-refractivity contribution in [3.8, 4) is 5.75 Å². The van der Waals surface area contributed by atoms with Crippen LogP contribution in [0.5, 0.6) is 5.75 Å². The van der Waals surface area contributed by atoms with Crippen molar-refractivity contribution < 1.29 is 9.13 Å². The van der Waals surface area contributed by atoms with Gasteiger partial charge in [0.2, 0.25) is 0 Å². The van der Waals surface area contributed by atoms with Gasteiger partial charge in [-0.2, -0.15) is 0 Å². The number of pyridine rings is 1. The van der Waals surface area contributed by atoms with Gasteiger partial charge in [-0.05, 0) is 12.1 Å². The molecule has 0 bridgehead atoms. The molecule has 2 nitrogen and oxygen atoms in total. The summed E-state index contributed by atoms with van der Waals surface area (Å²) in [4.78, 5) is 3.88. The highest BCUT2D eigenvalue weighted by Crippen LogP contribution is 2.36. The van der Waals surface area contributed by atoms with Crippen molar-refractivity contribution in [2.75, 3.05) is 7.11 Å². The Morgan fingerprint density at radius 1 is 1.33 bits per heavy atom. The molecule has 0 aliphatic heterocycles. The van der Waals surface area contributed by atoms with Crippen molar-refractivity contribution in [3.63, 3.8) is 0 Å². The molecule has 1 aromatic heterocycles. The standard InChI is InChI=1S/C10H6Cl2FNO/c1-15-7-3-2-6(13)10-8(7)9(12)5(11)4-14-10/h2-4H,1H3. The zero-order valence-electron chi connectivity index (χ0n) is 7.72. The minimum Gasteiger partial charge on any atom is -0.496 e. The van der Waals surface area contributed by atoms with E-state index in [9.17, 15) is 4.39 Å². The normalized spacial score (nSPS) is 10.7. The topological polar surface area (TPSA) is 22.1 Å². The summed E-state index contributed by atoms with van der Waals surface area (Å²) in [5.74, 6) is -0.00392. The molecule has 5 heteroatoms. The van der Waals surface area contributed by atoms with Crippen molar-refractivity contribution >= 4 is 34.1 Å². The first-order valence-electron chi connectivity index (χ1n) is 4.11. The first-order valence-corrected chi connectivity index (χ1v) is 4.87. The molecular weight excluding hydrogens is 240 g/mol. The van der Waals surface area contributed by atoms with Gasteiger partial charge < -0.3 is 4.74 Å². The number of nitrogens with zero attached hydrogens (tertiary/aromatic N) is 1. The van der Waals surface area contributed by atoms with Gasteiger partial charge in [0.05, 0.1) is 22.5 Å². The first-order chi connectivity index (χ1) is 7.15. The fraction of sp³-hybridized carbons (Fsp3) is 0.100. The molecule has 0 atom stereocenters. The second-order valence-corrected chi connectivity index (χ2v) is 3.68. The molecule has 0 N–H and O–H groups in total. The predicted octanol–water partition coefficient (Wildman–Crippen LogP) is 3.69. The Hall–Kier alpha value is -1.06. The highest BCUT2D eigenvalue weighted by atomic mass is 35.5. The lowest BCUT2D eigenvalue weighted by Gasteiger charge is -2.07. The van der Waals surface area contributed by atoms with E-state index in [2.05, 4.69) is 4.98 Å². The monoisotopic (exact) mass is 245 g/mol. The zero-order valence-corrected chi connectivity index (χ0v) is 9.23. The Labute approximate surface area is 95.6 Å². The van der Waals surface area contributed by atoms with Gasteiger partial charge in [0.15, 0.2) is 0 Å². The second kappa shape index (κ2) is 3.83. The molecule has 15 heavy (non-hydrogen) atoms. The molecule has 0 saturated carbocycles. The maximum atomic E-state index is 13.4. The predicted molar refractivity (Wildman–Crippen MR) is 58.3 cm³/mol. The van der Waals surface area contributed by atoms with Crippen LogP contribution < -0.4 is 4.74 Å². The molecule has 0 aliphatic rings. The van der Waals surface area contributed by atoms with Crippen LogP contribution in [0.2, 0.25) is 10.0 Å². The molecule has 2 rings (SSSR count). The van der Waals surface area contributed by atoms with Crippen molar-refractivity contribution in [1.82, 2.24) is 4.98 Å². The summed E-state index contributed by atoms with van der Waals surface area (Å²) in [6.07, 6.45) is 1.31. The average molecular weight is 246 g/mol. The van der Waals surface area contributed by atoms with E-state index >= 15 is 0 Å². The smallest absolute Gasteiger partial charge is 0.149 e. The Morgan fingerprint density at radius 3 is 2.73 bits per heavy atom. The fourth-order valence-electron chi connectivity index (χ4n) is 1.35. The number of aromatic nitrogens is 1. The highest BCUT2D eigenvalue weighted by Gasteiger charge is 2.13. The SMILES string of the molecule is COc1ccc(F)c2ncc(Cl)c(Cl)c12. The summed E-state index contributed by atoms with van der Waals surface area (Å²) in [7, 11) is 1.48. The van der Waals surface area contributed by atoms with Crippen molar-refractivity contribution in [1.29, 1.82) is 0 Å². The van der Waals surface area contributed by atoms with Crippen LogP contribution in [0.15, 0.2) is 18.3 Å². The van der Waals surface area contributed by atoms with Crippen LogP contribution in [-0.4, -0.2) is 12.1 Å². The van der Waals surface area contributed by atoms with Crippen LogP contribution in [0.3, 0.4) is 0 Å². The van der Waals surface area contributed by atoms with Gasteiger partial charge in [-0.3, -0.25) is 4.98 Å². The summed E-state index contributed by atoms with van der Waals surface area (Å²) in [5.41, 5.74) is 0.156. The van der Waals surface area contributed by atoms with Gasteiger partial charge in [-0.25, -0.2) is 4.39 Å². The Balaban J connectivity index is 2.95. The van der Waals surface area contributed by atoms with E-state index in [1.54, 1.807) is 0 Å². The third kappa shape index (κ3) is 1.62. The summed E-state index contributed by atoms with van der Waals surface area (Å²) >= 11 is 11.8. The van der Waals surface area contributed by atoms with Gasteiger partial charge in [0.25, 0.3) is 0 Å². The molecule has 2 aromatic rings. The molecular formula is C10H6Cl2FNO. The van der Waals surface area contributed by atoms with Crippen molar-refractivity contribution in [3.05, 3.63) is 34.2 Å². The number of methoxy groups -OCH3 is 1. The lowest BCUT2D eigenvalue weighted by Crippen LogP contribution is -1.91. The van der Waals surface area contributed by atoms with E-state index in [1.807, 2.05) is 0 Å².